The monoisotopic (exact) mass is 388 g/mol. The summed E-state index contributed by atoms with van der Waals surface area (Å²) >= 11 is 3.40. The zero-order valence-corrected chi connectivity index (χ0v) is 16.8. The molecule has 4 heterocycles. The molecule has 0 spiro atoms. The van der Waals surface area contributed by atoms with Crippen molar-refractivity contribution in [3.63, 3.8) is 0 Å². The van der Waals surface area contributed by atoms with E-state index in [1.54, 1.807) is 22.7 Å². The third kappa shape index (κ3) is 3.48. The van der Waals surface area contributed by atoms with E-state index < -0.39 is 0 Å². The third-order valence-corrected chi connectivity index (χ3v) is 6.13. The minimum atomic E-state index is 0.699. The van der Waals surface area contributed by atoms with Crippen molar-refractivity contribution in [2.75, 3.05) is 41.5 Å². The molecule has 0 aromatic carbocycles. The fraction of sp³-hybridized carbons (Fsp3) is 0.375. The second-order valence-corrected chi connectivity index (χ2v) is 8.46. The van der Waals surface area contributed by atoms with Crippen LogP contribution in [0.4, 0.5) is 0 Å². The van der Waals surface area contributed by atoms with E-state index in [4.69, 9.17) is 0 Å². The molecule has 136 valence electrons. The Morgan fingerprint density at radius 2 is 1.58 bits per heavy atom. The Balaban J connectivity index is 1.59. The highest BCUT2D eigenvalue weighted by Gasteiger charge is 2.19. The smallest absolute Gasteiger partial charge is 0.258 e. The molecule has 0 unspecified atom stereocenters. The minimum Gasteiger partial charge on any atom is -0.395 e. The Morgan fingerprint density at radius 3 is 2.27 bits per heavy atom. The first-order valence-corrected chi connectivity index (χ1v) is 9.77. The first kappa shape index (κ1) is 17.1. The van der Waals surface area contributed by atoms with Crippen LogP contribution in [0.25, 0.3) is 15.2 Å². The molecule has 0 saturated carbocycles. The Labute approximate surface area is 160 Å². The van der Waals surface area contributed by atoms with E-state index in [9.17, 15) is 0 Å². The summed E-state index contributed by atoms with van der Waals surface area (Å²) in [4.78, 5) is 4.52. The van der Waals surface area contributed by atoms with Crippen molar-refractivity contribution in [2.24, 2.45) is 15.3 Å². The Kier molecular flexibility index (Phi) is 4.47. The molecule has 0 bridgehead atoms. The number of hydrogen-bond donors (Lipinski definition) is 0. The standard InChI is InChI=1S/C16H20N8S2/c1-21-9-22(2)18-15(17-21)13-7-5-11(25-13)12-6-8-14(26-12)16-19-23(3)10-24(4)20-16/h5-8H,9-10H2,1-4H3. The molecular weight excluding hydrogens is 368 g/mol. The maximum absolute atomic E-state index is 4.52. The molecule has 0 amide bonds. The molecule has 0 fully saturated rings. The summed E-state index contributed by atoms with van der Waals surface area (Å²) in [6.07, 6.45) is 0. The first-order valence-electron chi connectivity index (χ1n) is 8.14. The molecule has 0 saturated heterocycles. The van der Waals surface area contributed by atoms with Crippen molar-refractivity contribution in [3.8, 4) is 9.75 Å². The van der Waals surface area contributed by atoms with Crippen molar-refractivity contribution in [1.82, 2.24) is 15.0 Å². The van der Waals surface area contributed by atoms with Crippen LogP contribution in [-0.4, -0.2) is 72.9 Å². The fourth-order valence-electron chi connectivity index (χ4n) is 2.78. The van der Waals surface area contributed by atoms with E-state index in [0.29, 0.717) is 13.3 Å². The Hall–Kier alpha value is -2.30. The predicted molar refractivity (Wildman–Crippen MR) is 106 cm³/mol. The van der Waals surface area contributed by atoms with Gasteiger partial charge in [-0.2, -0.15) is 0 Å². The zero-order chi connectivity index (χ0) is 18.3. The Bertz CT molecular complexity index is 909. The average Bonchev–Trinajstić information content (AvgIpc) is 3.22. The van der Waals surface area contributed by atoms with Gasteiger partial charge in [0.05, 0.1) is 11.5 Å². The van der Waals surface area contributed by atoms with E-state index in [0.717, 1.165) is 21.4 Å². The topological polar surface area (TPSA) is 63.9 Å². The lowest BCUT2D eigenvalue weighted by atomic mass is 10.3. The molecule has 26 heavy (non-hydrogen) atoms. The van der Waals surface area contributed by atoms with Gasteiger partial charge < -0.3 is 15.5 Å². The van der Waals surface area contributed by atoms with Crippen LogP contribution in [0.15, 0.2) is 39.6 Å². The fourth-order valence-corrected chi connectivity index (χ4v) is 4.74. The van der Waals surface area contributed by atoms with Crippen molar-refractivity contribution in [1.29, 1.82) is 0 Å². The van der Waals surface area contributed by atoms with Gasteiger partial charge in [0, 0.05) is 33.8 Å². The molecule has 0 N–H and O–H groups in total. The largest absolute Gasteiger partial charge is 0.395 e. The molecule has 4 rings (SSSR count). The molecule has 2 aliphatic heterocycles. The van der Waals surface area contributed by atoms with E-state index in [2.05, 4.69) is 45.0 Å². The third-order valence-electron chi connectivity index (χ3n) is 3.78. The van der Waals surface area contributed by atoms with Crippen LogP contribution >= 0.6 is 22.7 Å². The van der Waals surface area contributed by atoms with Crippen LogP contribution < -0.4 is 0 Å². The summed E-state index contributed by atoms with van der Waals surface area (Å²) in [7, 11) is 7.81. The van der Waals surface area contributed by atoms with E-state index in [1.165, 1.54) is 9.75 Å². The summed E-state index contributed by atoms with van der Waals surface area (Å²) in [6.45, 7) is 1.40. The lowest BCUT2D eigenvalue weighted by Gasteiger charge is -2.39. The van der Waals surface area contributed by atoms with E-state index in [1.807, 2.05) is 47.9 Å². The van der Waals surface area contributed by atoms with Crippen LogP contribution in [0.5, 0.6) is 0 Å². The van der Waals surface area contributed by atoms with E-state index in [-0.39, 0.29) is 0 Å². The second-order valence-electron chi connectivity index (χ2n) is 6.29. The number of nitrogens with zero attached hydrogens (tertiary/aromatic N) is 8. The quantitative estimate of drug-likeness (QED) is 0.760. The molecule has 8 nitrogen and oxygen atoms in total. The molecule has 10 heteroatoms. The summed E-state index contributed by atoms with van der Waals surface area (Å²) in [5.74, 6) is 1.51. The zero-order valence-electron chi connectivity index (χ0n) is 15.1. The summed E-state index contributed by atoms with van der Waals surface area (Å²) in [5, 5.41) is 19.2. The van der Waals surface area contributed by atoms with Crippen molar-refractivity contribution in [2.45, 2.75) is 0 Å². The second kappa shape index (κ2) is 6.78. The lowest BCUT2D eigenvalue weighted by Crippen LogP contribution is -2.34. The number of thiophene rings is 2. The van der Waals surface area contributed by atoms with Crippen LogP contribution in [0.2, 0.25) is 0 Å². The molecule has 0 atom stereocenters. The molecular formula is C16H20N8S2. The highest BCUT2D eigenvalue weighted by atomic mass is 32.1. The van der Waals surface area contributed by atoms with Crippen molar-refractivity contribution < 1.29 is 4.70 Å². The number of amidine groups is 2. The summed E-state index contributed by atoms with van der Waals surface area (Å²) in [6, 6.07) is 8.41. The van der Waals surface area contributed by atoms with Crippen LogP contribution in [-0.2, 0) is 0 Å². The minimum absolute atomic E-state index is 0.699. The normalized spacial score (nSPS) is 18.4. The maximum Gasteiger partial charge on any atom is 0.258 e. The lowest BCUT2D eigenvalue weighted by molar-refractivity contribution is -0.582. The van der Waals surface area contributed by atoms with Crippen LogP contribution in [0.1, 0.15) is 9.75 Å². The Morgan fingerprint density at radius 1 is 0.923 bits per heavy atom. The van der Waals surface area contributed by atoms with E-state index >= 15 is 0 Å². The average molecular weight is 389 g/mol. The van der Waals surface area contributed by atoms with Gasteiger partial charge in [0.25, 0.3) is 12.5 Å². The molecule has 0 aliphatic carbocycles. The number of hydrogen-bond acceptors (Lipinski definition) is 8. The highest BCUT2D eigenvalue weighted by Crippen LogP contribution is 2.35. The predicted octanol–water partition coefficient (Wildman–Crippen LogP) is 2.92. The molecule has 0 radical (unpaired) electrons. The van der Waals surface area contributed by atoms with Crippen molar-refractivity contribution in [3.05, 3.63) is 39.4 Å². The number of hydrazone groups is 2. The van der Waals surface area contributed by atoms with Gasteiger partial charge in [0.15, 0.2) is 7.05 Å². The van der Waals surface area contributed by atoms with Gasteiger partial charge in [0.1, 0.15) is 0 Å². The van der Waals surface area contributed by atoms with Crippen LogP contribution in [0, 0.1) is 0 Å². The van der Waals surface area contributed by atoms with Gasteiger partial charge in [0.2, 0.25) is 0 Å². The number of azo groups is 2. The van der Waals surface area contributed by atoms with Gasteiger partial charge in [-0.05, 0) is 37.1 Å². The first-order chi connectivity index (χ1) is 12.5. The van der Waals surface area contributed by atoms with Gasteiger partial charge >= 0.3 is 0 Å². The molecule has 2 aliphatic rings. The SMILES string of the molecule is CN1C[N+](C)=NC(c2ccc(-c3ccc(C4=NN(C)CN(C)[N-]4)s3)s2)=N1. The maximum atomic E-state index is 4.52. The summed E-state index contributed by atoms with van der Waals surface area (Å²) in [5.41, 5.74) is 4.52. The van der Waals surface area contributed by atoms with Crippen molar-refractivity contribution >= 4 is 34.3 Å². The molecule has 2 aromatic heterocycles. The van der Waals surface area contributed by atoms with Gasteiger partial charge in [-0.25, -0.2) is 5.01 Å². The molecule has 2 aromatic rings. The summed E-state index contributed by atoms with van der Waals surface area (Å²) < 4.78 is 1.89. The highest BCUT2D eigenvalue weighted by molar-refractivity contribution is 7.24. The number of rotatable bonds is 3. The van der Waals surface area contributed by atoms with Gasteiger partial charge in [-0.1, -0.05) is 0 Å². The van der Waals surface area contributed by atoms with Crippen LogP contribution in [0.3, 0.4) is 0 Å². The van der Waals surface area contributed by atoms with Gasteiger partial charge in [-0.15, -0.1) is 32.5 Å². The van der Waals surface area contributed by atoms with Gasteiger partial charge in [-0.3, -0.25) is 5.01 Å².